The van der Waals surface area contributed by atoms with Gasteiger partial charge in [-0.2, -0.15) is 0 Å². The van der Waals surface area contributed by atoms with Crippen LogP contribution in [0, 0.1) is 0 Å². The molecule has 5 nitrogen and oxygen atoms in total. The minimum absolute atomic E-state index is 0.0490. The lowest BCUT2D eigenvalue weighted by molar-refractivity contribution is 0.212. The van der Waals surface area contributed by atoms with Crippen LogP contribution in [0.2, 0.25) is 6.32 Å². The van der Waals surface area contributed by atoms with Crippen LogP contribution in [0.4, 0.5) is 0 Å². The quantitative estimate of drug-likeness (QED) is 0.178. The van der Waals surface area contributed by atoms with Crippen molar-refractivity contribution in [2.45, 2.75) is 45.9 Å². The summed E-state index contributed by atoms with van der Waals surface area (Å²) in [4.78, 5) is 2.72. The van der Waals surface area contributed by atoms with E-state index in [1.54, 1.807) is 0 Å². The number of rotatable bonds is 11. The summed E-state index contributed by atoms with van der Waals surface area (Å²) in [7, 11) is -0.0490. The molecular formula is C10H22BN3O2. The molecular weight excluding hydrogens is 205 g/mol. The van der Waals surface area contributed by atoms with E-state index in [9.17, 15) is 0 Å². The van der Waals surface area contributed by atoms with Crippen molar-refractivity contribution in [2.75, 3.05) is 19.8 Å². The zero-order valence-corrected chi connectivity index (χ0v) is 10.4. The summed E-state index contributed by atoms with van der Waals surface area (Å²) in [6.45, 7) is 5.96. The van der Waals surface area contributed by atoms with E-state index >= 15 is 0 Å². The molecule has 0 rings (SSSR count). The molecule has 0 unspecified atom stereocenters. The van der Waals surface area contributed by atoms with Crippen molar-refractivity contribution in [1.29, 1.82) is 0 Å². The number of hydrogen-bond donors (Lipinski definition) is 0. The topological polar surface area (TPSA) is 67.2 Å². The zero-order chi connectivity index (χ0) is 12.1. The third kappa shape index (κ3) is 9.83. The molecule has 0 amide bonds. The van der Waals surface area contributed by atoms with Crippen molar-refractivity contribution in [3.63, 3.8) is 0 Å². The van der Waals surface area contributed by atoms with Crippen molar-refractivity contribution >= 4 is 7.12 Å². The molecule has 0 aliphatic rings. The fourth-order valence-electron chi connectivity index (χ4n) is 1.48. The molecule has 0 N–H and O–H groups in total. The molecule has 0 aromatic rings. The van der Waals surface area contributed by atoms with Crippen LogP contribution in [0.5, 0.6) is 0 Å². The molecule has 0 atom stereocenters. The largest absolute Gasteiger partial charge is 0.456 e. The maximum absolute atomic E-state index is 8.09. The van der Waals surface area contributed by atoms with Gasteiger partial charge in [-0.15, -0.1) is 0 Å². The van der Waals surface area contributed by atoms with Crippen molar-refractivity contribution in [1.82, 2.24) is 0 Å². The summed E-state index contributed by atoms with van der Waals surface area (Å²) in [5.74, 6) is 0. The van der Waals surface area contributed by atoms with Gasteiger partial charge in [-0.3, -0.25) is 0 Å². The minimum atomic E-state index is -0.0490. The standard InChI is InChI=1S/C10H22BN3O2/c1-3-15-11(16-4-2)9-7-5-6-8-10-13-14-12/h3-10H2,1-2H3. The first kappa shape index (κ1) is 15.3. The Bertz CT molecular complexity index is 193. The summed E-state index contributed by atoms with van der Waals surface area (Å²) in [5.41, 5.74) is 8.09. The van der Waals surface area contributed by atoms with Gasteiger partial charge in [-0.1, -0.05) is 24.4 Å². The average molecular weight is 227 g/mol. The van der Waals surface area contributed by atoms with Gasteiger partial charge in [0.25, 0.3) is 0 Å². The van der Waals surface area contributed by atoms with Gasteiger partial charge in [-0.25, -0.2) is 0 Å². The Morgan fingerprint density at radius 1 is 1.06 bits per heavy atom. The third-order valence-corrected chi connectivity index (χ3v) is 2.22. The first-order valence-electron chi connectivity index (χ1n) is 6.09. The van der Waals surface area contributed by atoms with Crippen LogP contribution in [0.25, 0.3) is 10.4 Å². The van der Waals surface area contributed by atoms with Crippen LogP contribution in [-0.2, 0) is 9.31 Å². The van der Waals surface area contributed by atoms with E-state index in [-0.39, 0.29) is 7.12 Å². The molecule has 0 aromatic heterocycles. The van der Waals surface area contributed by atoms with Gasteiger partial charge in [0.2, 0.25) is 0 Å². The van der Waals surface area contributed by atoms with Crippen LogP contribution >= 0.6 is 0 Å². The van der Waals surface area contributed by atoms with E-state index in [1.807, 2.05) is 13.8 Å². The van der Waals surface area contributed by atoms with Gasteiger partial charge in [0, 0.05) is 24.7 Å². The van der Waals surface area contributed by atoms with E-state index in [0.717, 1.165) is 32.0 Å². The molecule has 92 valence electrons. The summed E-state index contributed by atoms with van der Waals surface area (Å²) in [6, 6.07) is 0. The molecule has 16 heavy (non-hydrogen) atoms. The lowest BCUT2D eigenvalue weighted by Gasteiger charge is -2.11. The predicted molar refractivity (Wildman–Crippen MR) is 66.3 cm³/mol. The van der Waals surface area contributed by atoms with Gasteiger partial charge in [0.05, 0.1) is 0 Å². The normalized spacial score (nSPS) is 9.88. The Morgan fingerprint density at radius 2 is 1.69 bits per heavy atom. The Kier molecular flexibility index (Phi) is 11.8. The average Bonchev–Trinajstić information content (AvgIpc) is 2.28. The highest BCUT2D eigenvalue weighted by atomic mass is 16.6. The Labute approximate surface area is 98.3 Å². The van der Waals surface area contributed by atoms with Gasteiger partial charge >= 0.3 is 7.12 Å². The van der Waals surface area contributed by atoms with Crippen LogP contribution in [0.15, 0.2) is 5.11 Å². The van der Waals surface area contributed by atoms with Crippen molar-refractivity contribution < 1.29 is 9.31 Å². The first-order valence-corrected chi connectivity index (χ1v) is 6.09. The minimum Gasteiger partial charge on any atom is -0.411 e. The monoisotopic (exact) mass is 227 g/mol. The van der Waals surface area contributed by atoms with E-state index in [2.05, 4.69) is 10.0 Å². The molecule has 0 saturated heterocycles. The molecule has 0 spiro atoms. The molecule has 0 bridgehead atoms. The highest BCUT2D eigenvalue weighted by Gasteiger charge is 2.15. The van der Waals surface area contributed by atoms with Crippen LogP contribution in [-0.4, -0.2) is 26.9 Å². The molecule has 0 fully saturated rings. The molecule has 0 aromatic carbocycles. The molecule has 0 radical (unpaired) electrons. The fourth-order valence-corrected chi connectivity index (χ4v) is 1.48. The highest BCUT2D eigenvalue weighted by Crippen LogP contribution is 2.08. The summed E-state index contributed by atoms with van der Waals surface area (Å²) in [6.07, 6.45) is 5.25. The first-order chi connectivity index (χ1) is 7.85. The van der Waals surface area contributed by atoms with E-state index in [1.165, 1.54) is 0 Å². The van der Waals surface area contributed by atoms with Crippen molar-refractivity contribution in [2.24, 2.45) is 5.11 Å². The molecule has 0 heterocycles. The highest BCUT2D eigenvalue weighted by molar-refractivity contribution is 6.44. The maximum Gasteiger partial charge on any atom is 0.456 e. The lowest BCUT2D eigenvalue weighted by Crippen LogP contribution is -2.22. The summed E-state index contributed by atoms with van der Waals surface area (Å²) < 4.78 is 10.9. The Morgan fingerprint density at radius 3 is 2.25 bits per heavy atom. The zero-order valence-electron chi connectivity index (χ0n) is 10.4. The third-order valence-electron chi connectivity index (χ3n) is 2.22. The van der Waals surface area contributed by atoms with Gasteiger partial charge in [0.15, 0.2) is 0 Å². The van der Waals surface area contributed by atoms with Gasteiger partial charge in [-0.05, 0) is 32.1 Å². The number of hydrogen-bond acceptors (Lipinski definition) is 3. The van der Waals surface area contributed by atoms with Gasteiger partial charge < -0.3 is 9.31 Å². The van der Waals surface area contributed by atoms with Crippen LogP contribution in [0.1, 0.15) is 39.5 Å². The summed E-state index contributed by atoms with van der Waals surface area (Å²) >= 11 is 0. The van der Waals surface area contributed by atoms with E-state index in [0.29, 0.717) is 19.8 Å². The van der Waals surface area contributed by atoms with Crippen molar-refractivity contribution in [3.8, 4) is 0 Å². The SMILES string of the molecule is CCOB(CCCCCCN=[N+]=[N-])OCC. The second-order valence-corrected chi connectivity index (χ2v) is 3.50. The maximum atomic E-state index is 8.09. The number of nitrogens with zero attached hydrogens (tertiary/aromatic N) is 3. The molecule has 0 aliphatic carbocycles. The molecule has 0 saturated carbocycles. The van der Waals surface area contributed by atoms with E-state index < -0.39 is 0 Å². The number of azide groups is 1. The second kappa shape index (κ2) is 12.4. The van der Waals surface area contributed by atoms with Crippen LogP contribution < -0.4 is 0 Å². The lowest BCUT2D eigenvalue weighted by atomic mass is 9.81. The molecule has 0 aliphatic heterocycles. The Balaban J connectivity index is 3.35. The Hall–Kier alpha value is -0.705. The van der Waals surface area contributed by atoms with Crippen molar-refractivity contribution in [3.05, 3.63) is 10.4 Å². The van der Waals surface area contributed by atoms with Crippen LogP contribution in [0.3, 0.4) is 0 Å². The fraction of sp³-hybridized carbons (Fsp3) is 1.00. The predicted octanol–water partition coefficient (Wildman–Crippen LogP) is 3.42. The smallest absolute Gasteiger partial charge is 0.411 e. The second-order valence-electron chi connectivity index (χ2n) is 3.50. The van der Waals surface area contributed by atoms with Gasteiger partial charge in [0.1, 0.15) is 0 Å². The summed E-state index contributed by atoms with van der Waals surface area (Å²) in [5, 5.41) is 3.49. The number of unbranched alkanes of at least 4 members (excludes halogenated alkanes) is 3. The molecule has 6 heteroatoms. The van der Waals surface area contributed by atoms with E-state index in [4.69, 9.17) is 14.8 Å².